The lowest BCUT2D eigenvalue weighted by Crippen LogP contribution is -2.23. The van der Waals surface area contributed by atoms with Crippen molar-refractivity contribution >= 4 is 23.2 Å². The molecule has 1 atom stereocenters. The Morgan fingerprint density at radius 1 is 1.32 bits per heavy atom. The summed E-state index contributed by atoms with van der Waals surface area (Å²) in [5.74, 6) is -1.87. The predicted molar refractivity (Wildman–Crippen MR) is 79.6 cm³/mol. The Kier molecular flexibility index (Phi) is 5.17. The van der Waals surface area contributed by atoms with Crippen LogP contribution in [0, 0.1) is 0 Å². The quantitative estimate of drug-likeness (QED) is 0.849. The number of alkyl halides is 3. The maximum absolute atomic E-state index is 12.7. The van der Waals surface area contributed by atoms with Crippen LogP contribution in [0.15, 0.2) is 17.5 Å². The van der Waals surface area contributed by atoms with Gasteiger partial charge in [-0.25, -0.2) is 0 Å². The highest BCUT2D eigenvalue weighted by Crippen LogP contribution is 2.27. The van der Waals surface area contributed by atoms with Crippen LogP contribution in [0.25, 0.3) is 0 Å². The largest absolute Gasteiger partial charge is 0.451 e. The first-order valence-corrected chi connectivity index (χ1v) is 7.64. The maximum Gasteiger partial charge on any atom is 0.451 e. The van der Waals surface area contributed by atoms with Crippen LogP contribution < -0.4 is 11.1 Å². The first-order valence-electron chi connectivity index (χ1n) is 6.76. The van der Waals surface area contributed by atoms with Crippen molar-refractivity contribution in [3.05, 3.63) is 28.2 Å². The van der Waals surface area contributed by atoms with Crippen molar-refractivity contribution in [2.75, 3.05) is 11.1 Å². The zero-order valence-electron chi connectivity index (χ0n) is 11.9. The summed E-state index contributed by atoms with van der Waals surface area (Å²) in [4.78, 5) is 11.5. The predicted octanol–water partition coefficient (Wildman–Crippen LogP) is 3.36. The Labute approximate surface area is 129 Å². The summed E-state index contributed by atoms with van der Waals surface area (Å²) in [5, 5.41) is 4.90. The van der Waals surface area contributed by atoms with E-state index in [2.05, 4.69) is 20.3 Å². The third kappa shape index (κ3) is 4.55. The molecule has 0 saturated heterocycles. The molecule has 3 N–H and O–H groups in total. The molecule has 0 aliphatic rings. The number of hydrogen-bond donors (Lipinski definition) is 2. The lowest BCUT2D eigenvalue weighted by atomic mass is 10.1. The summed E-state index contributed by atoms with van der Waals surface area (Å²) in [5.41, 5.74) is 5.32. The molecule has 5 nitrogen and oxygen atoms in total. The summed E-state index contributed by atoms with van der Waals surface area (Å²) in [6.07, 6.45) is -2.30. The van der Waals surface area contributed by atoms with Crippen molar-refractivity contribution in [1.29, 1.82) is 0 Å². The van der Waals surface area contributed by atoms with Gasteiger partial charge in [0.05, 0.1) is 0 Å². The summed E-state index contributed by atoms with van der Waals surface area (Å²) in [6.45, 7) is 1.95. The molecule has 0 spiro atoms. The fraction of sp³-hybridized carbons (Fsp3) is 0.462. The van der Waals surface area contributed by atoms with E-state index in [0.29, 0.717) is 0 Å². The van der Waals surface area contributed by atoms with Crippen molar-refractivity contribution in [1.82, 2.24) is 15.0 Å². The van der Waals surface area contributed by atoms with Gasteiger partial charge in [0.15, 0.2) is 0 Å². The minimum Gasteiger partial charge on any atom is -0.368 e. The van der Waals surface area contributed by atoms with E-state index in [1.54, 1.807) is 11.3 Å². The topological polar surface area (TPSA) is 76.7 Å². The van der Waals surface area contributed by atoms with E-state index in [4.69, 9.17) is 5.73 Å². The molecule has 0 aliphatic heterocycles. The van der Waals surface area contributed by atoms with Gasteiger partial charge in [0.25, 0.3) is 0 Å². The fourth-order valence-electron chi connectivity index (χ4n) is 1.92. The molecular weight excluding hydrogens is 315 g/mol. The number of rotatable bonds is 6. The average Bonchev–Trinajstić information content (AvgIpc) is 2.95. The number of thiophene rings is 1. The minimum absolute atomic E-state index is 0.0371. The smallest absolute Gasteiger partial charge is 0.368 e. The van der Waals surface area contributed by atoms with E-state index in [1.807, 2.05) is 24.4 Å². The van der Waals surface area contributed by atoms with E-state index in [0.717, 1.165) is 19.3 Å². The van der Waals surface area contributed by atoms with Gasteiger partial charge in [0, 0.05) is 10.9 Å². The zero-order chi connectivity index (χ0) is 16.2. The lowest BCUT2D eigenvalue weighted by molar-refractivity contribution is -0.144. The first-order chi connectivity index (χ1) is 10.4. The number of halogens is 3. The average molecular weight is 331 g/mol. The van der Waals surface area contributed by atoms with E-state index in [9.17, 15) is 13.2 Å². The molecular formula is C13H16F3N5S. The number of nitrogens with one attached hydrogen (secondary N) is 1. The highest BCUT2D eigenvalue weighted by Gasteiger charge is 2.35. The van der Waals surface area contributed by atoms with Crippen LogP contribution in [0.4, 0.5) is 25.1 Å². The Morgan fingerprint density at radius 3 is 2.68 bits per heavy atom. The molecule has 22 heavy (non-hydrogen) atoms. The number of nitrogen functional groups attached to an aromatic ring is 1. The van der Waals surface area contributed by atoms with Gasteiger partial charge in [-0.05, 0) is 30.7 Å². The van der Waals surface area contributed by atoms with Crippen LogP contribution in [-0.4, -0.2) is 21.0 Å². The Bertz CT molecular complexity index is 600. The monoisotopic (exact) mass is 331 g/mol. The van der Waals surface area contributed by atoms with Crippen molar-refractivity contribution in [3.8, 4) is 0 Å². The highest BCUT2D eigenvalue weighted by molar-refractivity contribution is 7.09. The van der Waals surface area contributed by atoms with E-state index < -0.39 is 17.9 Å². The van der Waals surface area contributed by atoms with Crippen molar-refractivity contribution in [3.63, 3.8) is 0 Å². The van der Waals surface area contributed by atoms with Crippen LogP contribution in [0.2, 0.25) is 0 Å². The van der Waals surface area contributed by atoms with Gasteiger partial charge < -0.3 is 11.1 Å². The minimum atomic E-state index is -4.65. The van der Waals surface area contributed by atoms with Crippen LogP contribution in [-0.2, 0) is 12.6 Å². The van der Waals surface area contributed by atoms with Crippen LogP contribution in [0.1, 0.15) is 30.5 Å². The molecule has 0 bridgehead atoms. The molecule has 2 aromatic heterocycles. The first kappa shape index (κ1) is 16.5. The molecule has 0 radical (unpaired) electrons. The number of nitrogens with two attached hydrogens (primary N) is 1. The fourth-order valence-corrected chi connectivity index (χ4v) is 2.64. The van der Waals surface area contributed by atoms with Gasteiger partial charge in [-0.1, -0.05) is 13.0 Å². The molecule has 2 aromatic rings. The molecule has 2 heterocycles. The third-order valence-electron chi connectivity index (χ3n) is 3.05. The molecule has 9 heteroatoms. The number of anilines is 2. The molecule has 2 rings (SSSR count). The van der Waals surface area contributed by atoms with Gasteiger partial charge in [0.1, 0.15) is 0 Å². The van der Waals surface area contributed by atoms with Gasteiger partial charge in [-0.2, -0.15) is 28.1 Å². The molecule has 0 aromatic carbocycles. The maximum atomic E-state index is 12.7. The summed E-state index contributed by atoms with van der Waals surface area (Å²) < 4.78 is 38.0. The zero-order valence-corrected chi connectivity index (χ0v) is 12.7. The van der Waals surface area contributed by atoms with Crippen LogP contribution in [0.3, 0.4) is 0 Å². The molecule has 0 fully saturated rings. The number of aromatic nitrogens is 3. The van der Waals surface area contributed by atoms with Gasteiger partial charge in [0.2, 0.25) is 17.7 Å². The number of aryl methyl sites for hydroxylation is 1. The van der Waals surface area contributed by atoms with Crippen molar-refractivity contribution in [2.24, 2.45) is 0 Å². The van der Waals surface area contributed by atoms with Crippen LogP contribution >= 0.6 is 11.3 Å². The van der Waals surface area contributed by atoms with Gasteiger partial charge in [-0.3, -0.25) is 0 Å². The highest BCUT2D eigenvalue weighted by atomic mass is 32.1. The standard InChI is InChI=1S/C13H16F3N5S/c1-2-8(5-6-9-4-3-7-22-9)18-12-20-10(13(14,15)16)19-11(17)21-12/h3-4,7-8H,2,5-6H2,1H3,(H3,17,18,19,20,21). The van der Waals surface area contributed by atoms with Gasteiger partial charge in [-0.15, -0.1) is 11.3 Å². The second-order valence-electron chi connectivity index (χ2n) is 4.71. The SMILES string of the molecule is CCC(CCc1cccs1)Nc1nc(N)nc(C(F)(F)F)n1. The van der Waals surface area contributed by atoms with E-state index in [-0.39, 0.29) is 12.0 Å². The molecule has 0 saturated carbocycles. The molecule has 120 valence electrons. The van der Waals surface area contributed by atoms with Gasteiger partial charge >= 0.3 is 6.18 Å². The molecule has 0 amide bonds. The summed E-state index contributed by atoms with van der Waals surface area (Å²) in [6, 6.07) is 3.96. The Morgan fingerprint density at radius 2 is 2.09 bits per heavy atom. The number of hydrogen-bond acceptors (Lipinski definition) is 6. The Balaban J connectivity index is 2.05. The third-order valence-corrected chi connectivity index (χ3v) is 3.99. The molecule has 1 unspecified atom stereocenters. The van der Waals surface area contributed by atoms with Crippen molar-refractivity contribution < 1.29 is 13.2 Å². The molecule has 0 aliphatic carbocycles. The summed E-state index contributed by atoms with van der Waals surface area (Å²) >= 11 is 1.65. The van der Waals surface area contributed by atoms with Crippen LogP contribution in [0.5, 0.6) is 0 Å². The van der Waals surface area contributed by atoms with Crippen molar-refractivity contribution in [2.45, 2.75) is 38.4 Å². The normalized spacial score (nSPS) is 13.1. The lowest BCUT2D eigenvalue weighted by Gasteiger charge is -2.17. The second kappa shape index (κ2) is 6.91. The van der Waals surface area contributed by atoms with E-state index >= 15 is 0 Å². The second-order valence-corrected chi connectivity index (χ2v) is 5.74. The Hall–Kier alpha value is -1.90. The van der Waals surface area contributed by atoms with E-state index in [1.165, 1.54) is 4.88 Å². The number of nitrogens with zero attached hydrogens (tertiary/aromatic N) is 3. The summed E-state index contributed by atoms with van der Waals surface area (Å²) in [7, 11) is 0.